The maximum Gasteiger partial charge on any atom is 0.407 e. The number of carbonyl (C=O) groups excluding carboxylic acids is 2. The summed E-state index contributed by atoms with van der Waals surface area (Å²) in [7, 11) is 0. The number of anilines is 2. The highest BCUT2D eigenvalue weighted by Gasteiger charge is 2.25. The van der Waals surface area contributed by atoms with E-state index in [0.29, 0.717) is 37.3 Å². The fourth-order valence-electron chi connectivity index (χ4n) is 2.89. The number of halogens is 1. The molecule has 0 aliphatic carbocycles. The summed E-state index contributed by atoms with van der Waals surface area (Å²) >= 11 is 0. The van der Waals surface area contributed by atoms with Crippen molar-refractivity contribution >= 4 is 23.4 Å². The van der Waals surface area contributed by atoms with E-state index in [0.717, 1.165) is 0 Å². The Balaban J connectivity index is 1.98. The molecule has 146 valence electrons. The van der Waals surface area contributed by atoms with Crippen LogP contribution in [-0.2, 0) is 9.53 Å². The SMILES string of the molecule is CC(C)(C)OC(=O)NC1CCN(c2ccc(F)cc2NC(=O)CC#N)CC1. The number of nitrogens with one attached hydrogen (secondary N) is 2. The Morgan fingerprint density at radius 3 is 2.59 bits per heavy atom. The highest BCUT2D eigenvalue weighted by molar-refractivity contribution is 5.95. The van der Waals surface area contributed by atoms with Crippen molar-refractivity contribution in [1.29, 1.82) is 5.26 Å². The first-order valence-corrected chi connectivity index (χ1v) is 8.89. The molecule has 0 unspecified atom stereocenters. The van der Waals surface area contributed by atoms with Crippen LogP contribution in [0, 0.1) is 17.1 Å². The van der Waals surface area contributed by atoms with E-state index in [1.165, 1.54) is 12.1 Å². The third-order valence-electron chi connectivity index (χ3n) is 4.03. The molecular weight excluding hydrogens is 351 g/mol. The zero-order valence-corrected chi connectivity index (χ0v) is 15.8. The number of piperidine rings is 1. The number of carbonyl (C=O) groups is 2. The minimum atomic E-state index is -0.546. The molecule has 2 amide bonds. The van der Waals surface area contributed by atoms with Gasteiger partial charge in [-0.3, -0.25) is 4.79 Å². The molecule has 7 nitrogen and oxygen atoms in total. The number of ether oxygens (including phenoxy) is 1. The Morgan fingerprint density at radius 2 is 2.00 bits per heavy atom. The fourth-order valence-corrected chi connectivity index (χ4v) is 2.89. The summed E-state index contributed by atoms with van der Waals surface area (Å²) in [5, 5.41) is 14.1. The van der Waals surface area contributed by atoms with Crippen molar-refractivity contribution in [2.45, 2.75) is 51.7 Å². The minimum absolute atomic E-state index is 0.00632. The number of hydrogen-bond acceptors (Lipinski definition) is 5. The van der Waals surface area contributed by atoms with Crippen LogP contribution in [0.3, 0.4) is 0 Å². The molecule has 1 saturated heterocycles. The molecule has 0 radical (unpaired) electrons. The van der Waals surface area contributed by atoms with Gasteiger partial charge < -0.3 is 20.3 Å². The van der Waals surface area contributed by atoms with Gasteiger partial charge >= 0.3 is 6.09 Å². The number of hydrogen-bond donors (Lipinski definition) is 2. The third kappa shape index (κ3) is 6.44. The van der Waals surface area contributed by atoms with Crippen LogP contribution < -0.4 is 15.5 Å². The van der Waals surface area contributed by atoms with Gasteiger partial charge in [-0.2, -0.15) is 5.26 Å². The lowest BCUT2D eigenvalue weighted by molar-refractivity contribution is -0.115. The second kappa shape index (κ2) is 8.71. The van der Waals surface area contributed by atoms with Crippen molar-refractivity contribution < 1.29 is 18.7 Å². The summed E-state index contributed by atoms with van der Waals surface area (Å²) in [4.78, 5) is 25.6. The summed E-state index contributed by atoms with van der Waals surface area (Å²) in [6.45, 7) is 6.70. The minimum Gasteiger partial charge on any atom is -0.444 e. The molecule has 2 N–H and O–H groups in total. The van der Waals surface area contributed by atoms with Gasteiger partial charge in [0.15, 0.2) is 0 Å². The van der Waals surface area contributed by atoms with E-state index in [1.54, 1.807) is 12.1 Å². The molecule has 1 aliphatic heterocycles. The Hall–Kier alpha value is -2.82. The summed E-state index contributed by atoms with van der Waals surface area (Å²) < 4.78 is 18.9. The number of nitrogens with zero attached hydrogens (tertiary/aromatic N) is 2. The second-order valence-corrected chi connectivity index (χ2v) is 7.45. The molecule has 0 aromatic heterocycles. The molecule has 0 bridgehead atoms. The lowest BCUT2D eigenvalue weighted by Gasteiger charge is -2.35. The van der Waals surface area contributed by atoms with Crippen molar-refractivity contribution in [2.75, 3.05) is 23.3 Å². The van der Waals surface area contributed by atoms with E-state index in [-0.39, 0.29) is 12.5 Å². The van der Waals surface area contributed by atoms with Gasteiger partial charge in [0, 0.05) is 19.1 Å². The van der Waals surface area contributed by atoms with Crippen LogP contribution in [0.4, 0.5) is 20.6 Å². The van der Waals surface area contributed by atoms with Crippen molar-refractivity contribution in [1.82, 2.24) is 5.32 Å². The smallest absolute Gasteiger partial charge is 0.407 e. The Labute approximate surface area is 158 Å². The summed E-state index contributed by atoms with van der Waals surface area (Å²) in [5.74, 6) is -0.946. The van der Waals surface area contributed by atoms with Crippen molar-refractivity contribution in [3.63, 3.8) is 0 Å². The van der Waals surface area contributed by atoms with Gasteiger partial charge in [0.05, 0.1) is 17.4 Å². The molecule has 0 saturated carbocycles. The van der Waals surface area contributed by atoms with E-state index >= 15 is 0 Å². The average Bonchev–Trinajstić information content (AvgIpc) is 2.54. The van der Waals surface area contributed by atoms with Gasteiger partial charge in [0.1, 0.15) is 17.8 Å². The third-order valence-corrected chi connectivity index (χ3v) is 4.03. The first-order valence-electron chi connectivity index (χ1n) is 8.89. The monoisotopic (exact) mass is 376 g/mol. The molecule has 2 rings (SSSR count). The van der Waals surface area contributed by atoms with Gasteiger partial charge in [-0.1, -0.05) is 0 Å². The van der Waals surface area contributed by atoms with Crippen LogP contribution in [0.15, 0.2) is 18.2 Å². The van der Waals surface area contributed by atoms with Crippen molar-refractivity contribution in [2.24, 2.45) is 0 Å². The molecule has 1 aliphatic rings. The predicted octanol–water partition coefficient (Wildman–Crippen LogP) is 3.17. The van der Waals surface area contributed by atoms with Crippen LogP contribution in [0.2, 0.25) is 0 Å². The maximum atomic E-state index is 13.6. The largest absolute Gasteiger partial charge is 0.444 e. The molecule has 1 aromatic carbocycles. The van der Waals surface area contributed by atoms with Crippen molar-refractivity contribution in [3.8, 4) is 6.07 Å². The second-order valence-electron chi connectivity index (χ2n) is 7.45. The predicted molar refractivity (Wildman–Crippen MR) is 99.9 cm³/mol. The Kier molecular flexibility index (Phi) is 6.61. The van der Waals surface area contributed by atoms with Gasteiger partial charge in [-0.25, -0.2) is 9.18 Å². The van der Waals surface area contributed by atoms with E-state index in [4.69, 9.17) is 10.00 Å². The van der Waals surface area contributed by atoms with Gasteiger partial charge in [-0.05, 0) is 51.8 Å². The van der Waals surface area contributed by atoms with E-state index < -0.39 is 23.4 Å². The number of rotatable bonds is 4. The molecule has 8 heteroatoms. The van der Waals surface area contributed by atoms with E-state index in [2.05, 4.69) is 10.6 Å². The first kappa shape index (κ1) is 20.5. The number of nitriles is 1. The summed E-state index contributed by atoms with van der Waals surface area (Å²) in [6, 6.07) is 5.95. The van der Waals surface area contributed by atoms with Crippen LogP contribution in [0.5, 0.6) is 0 Å². The Bertz CT molecular complexity index is 731. The average molecular weight is 376 g/mol. The standard InChI is InChI=1S/C19H25FN4O3/c1-19(2,3)27-18(26)22-14-7-10-24(11-8-14)16-5-4-13(20)12-15(16)23-17(25)6-9-21/h4-5,12,14H,6-8,10-11H2,1-3H3,(H,22,26)(H,23,25). The van der Waals surface area contributed by atoms with E-state index in [1.807, 2.05) is 25.7 Å². The first-order chi connectivity index (χ1) is 12.7. The molecule has 0 spiro atoms. The van der Waals surface area contributed by atoms with Crippen LogP contribution in [0.25, 0.3) is 0 Å². The van der Waals surface area contributed by atoms with Crippen LogP contribution >= 0.6 is 0 Å². The van der Waals surface area contributed by atoms with Crippen LogP contribution in [-0.4, -0.2) is 36.7 Å². The van der Waals surface area contributed by atoms with Crippen LogP contribution in [0.1, 0.15) is 40.0 Å². The molecule has 1 fully saturated rings. The zero-order valence-electron chi connectivity index (χ0n) is 15.8. The molecule has 1 aromatic rings. The van der Waals surface area contributed by atoms with E-state index in [9.17, 15) is 14.0 Å². The number of amides is 2. The van der Waals surface area contributed by atoms with Gasteiger partial charge in [0.2, 0.25) is 5.91 Å². The number of benzene rings is 1. The highest BCUT2D eigenvalue weighted by Crippen LogP contribution is 2.29. The molecule has 27 heavy (non-hydrogen) atoms. The highest BCUT2D eigenvalue weighted by atomic mass is 19.1. The summed E-state index contributed by atoms with van der Waals surface area (Å²) in [6.07, 6.45) is 0.662. The Morgan fingerprint density at radius 1 is 1.33 bits per heavy atom. The summed E-state index contributed by atoms with van der Waals surface area (Å²) in [5.41, 5.74) is 0.488. The van der Waals surface area contributed by atoms with Gasteiger partial charge in [0.25, 0.3) is 0 Å². The van der Waals surface area contributed by atoms with Gasteiger partial charge in [-0.15, -0.1) is 0 Å². The normalized spacial score (nSPS) is 15.0. The molecule has 0 atom stereocenters. The molecular formula is C19H25FN4O3. The lowest BCUT2D eigenvalue weighted by atomic mass is 10.0. The number of alkyl carbamates (subject to hydrolysis) is 1. The fraction of sp³-hybridized carbons (Fsp3) is 0.526. The zero-order chi connectivity index (χ0) is 20.0. The lowest BCUT2D eigenvalue weighted by Crippen LogP contribution is -2.46. The maximum absolute atomic E-state index is 13.6. The topological polar surface area (TPSA) is 94.5 Å². The van der Waals surface area contributed by atoms with Crippen molar-refractivity contribution in [3.05, 3.63) is 24.0 Å². The molecule has 1 heterocycles. The quantitative estimate of drug-likeness (QED) is 0.842.